The molecule has 2 aromatic carbocycles. The van der Waals surface area contributed by atoms with Crippen molar-refractivity contribution in [3.63, 3.8) is 0 Å². The number of carbonyl (C=O) groups is 1. The number of likely N-dealkylation sites (tertiary alicyclic amines) is 1. The first kappa shape index (κ1) is 22.6. The average molecular weight is 460 g/mol. The van der Waals surface area contributed by atoms with E-state index < -0.39 is 10.0 Å². The van der Waals surface area contributed by atoms with Crippen LogP contribution in [0.25, 0.3) is 0 Å². The summed E-state index contributed by atoms with van der Waals surface area (Å²) in [7, 11) is -3.70. The summed E-state index contributed by atoms with van der Waals surface area (Å²) in [5, 5.41) is 8.13. The van der Waals surface area contributed by atoms with Crippen LogP contribution >= 0.6 is 0 Å². The van der Waals surface area contributed by atoms with Gasteiger partial charge in [-0.1, -0.05) is 18.2 Å². The highest BCUT2D eigenvalue weighted by Crippen LogP contribution is 2.38. The van der Waals surface area contributed by atoms with Gasteiger partial charge in [-0.2, -0.15) is 0 Å². The fourth-order valence-corrected chi connectivity index (χ4v) is 4.87. The first-order chi connectivity index (χ1) is 15.3. The average Bonchev–Trinajstić information content (AvgIpc) is 3.28. The highest BCUT2D eigenvalue weighted by molar-refractivity contribution is 7.89. The second kappa shape index (κ2) is 9.48. The van der Waals surface area contributed by atoms with Crippen molar-refractivity contribution in [3.05, 3.63) is 53.6 Å². The molecule has 2 aliphatic rings. The van der Waals surface area contributed by atoms with Crippen LogP contribution in [0.5, 0.6) is 11.5 Å². The maximum atomic E-state index is 12.8. The Kier molecular flexibility index (Phi) is 6.68. The minimum Gasteiger partial charge on any atom is -0.486 e. The Hall–Kier alpha value is -2.62. The van der Waals surface area contributed by atoms with E-state index in [4.69, 9.17) is 14.6 Å². The Bertz CT molecular complexity index is 1070. The zero-order chi connectivity index (χ0) is 22.7. The van der Waals surface area contributed by atoms with Crippen LogP contribution in [0.15, 0.2) is 47.4 Å². The molecule has 0 spiro atoms. The molecule has 0 bridgehead atoms. The third-order valence-electron chi connectivity index (χ3n) is 6.09. The molecular formula is C23H29N3O5S. The van der Waals surface area contributed by atoms with Gasteiger partial charge in [0.25, 0.3) is 0 Å². The molecule has 172 valence electrons. The Balaban J connectivity index is 1.34. The van der Waals surface area contributed by atoms with Crippen molar-refractivity contribution in [3.8, 4) is 11.5 Å². The van der Waals surface area contributed by atoms with Crippen molar-refractivity contribution >= 4 is 15.9 Å². The van der Waals surface area contributed by atoms with Crippen molar-refractivity contribution in [2.24, 2.45) is 5.14 Å². The number of primary sulfonamides is 1. The van der Waals surface area contributed by atoms with Gasteiger partial charge >= 0.3 is 0 Å². The van der Waals surface area contributed by atoms with Crippen molar-refractivity contribution in [1.29, 1.82) is 0 Å². The summed E-state index contributed by atoms with van der Waals surface area (Å²) in [6.45, 7) is 4.39. The molecule has 1 saturated heterocycles. The Morgan fingerprint density at radius 2 is 1.88 bits per heavy atom. The van der Waals surface area contributed by atoms with E-state index in [1.54, 1.807) is 12.1 Å². The number of amides is 1. The highest BCUT2D eigenvalue weighted by atomic mass is 32.2. The van der Waals surface area contributed by atoms with E-state index >= 15 is 0 Å². The minimum atomic E-state index is -3.70. The molecule has 8 nitrogen and oxygen atoms in total. The topological polar surface area (TPSA) is 111 Å². The lowest BCUT2D eigenvalue weighted by atomic mass is 10.0. The molecule has 2 heterocycles. The van der Waals surface area contributed by atoms with Crippen molar-refractivity contribution < 1.29 is 22.7 Å². The molecule has 4 rings (SSSR count). The Labute approximate surface area is 188 Å². The number of nitrogens with two attached hydrogens (primary N) is 1. The number of nitrogens with one attached hydrogen (secondary N) is 1. The van der Waals surface area contributed by atoms with E-state index in [0.29, 0.717) is 26.2 Å². The van der Waals surface area contributed by atoms with Crippen LogP contribution in [0, 0.1) is 0 Å². The first-order valence-electron chi connectivity index (χ1n) is 10.9. The van der Waals surface area contributed by atoms with Gasteiger partial charge in [-0.25, -0.2) is 13.6 Å². The normalized spacial score (nSPS) is 19.5. The molecule has 0 radical (unpaired) electrons. The predicted octanol–water partition coefficient (Wildman–Crippen LogP) is 1.99. The van der Waals surface area contributed by atoms with Gasteiger partial charge in [0.05, 0.1) is 10.9 Å². The summed E-state index contributed by atoms with van der Waals surface area (Å²) >= 11 is 0. The second-order valence-electron chi connectivity index (χ2n) is 8.20. The quantitative estimate of drug-likeness (QED) is 0.655. The lowest BCUT2D eigenvalue weighted by Gasteiger charge is -2.31. The van der Waals surface area contributed by atoms with E-state index in [2.05, 4.69) is 16.3 Å². The number of sulfonamides is 1. The fraction of sp³-hybridized carbons (Fsp3) is 0.435. The first-order valence-corrected chi connectivity index (χ1v) is 12.4. The number of ether oxygens (including phenoxy) is 2. The molecule has 3 N–H and O–H groups in total. The van der Waals surface area contributed by atoms with Gasteiger partial charge in [-0.3, -0.25) is 9.69 Å². The zero-order valence-electron chi connectivity index (χ0n) is 18.1. The van der Waals surface area contributed by atoms with E-state index in [1.807, 2.05) is 19.1 Å². The number of hydrogen-bond donors (Lipinski definition) is 2. The van der Waals surface area contributed by atoms with Crippen molar-refractivity contribution in [2.75, 3.05) is 26.3 Å². The number of rotatable bonds is 7. The molecule has 0 saturated carbocycles. The molecule has 1 amide bonds. The van der Waals surface area contributed by atoms with E-state index in [-0.39, 0.29) is 22.9 Å². The van der Waals surface area contributed by atoms with Crippen LogP contribution in [-0.2, 0) is 21.2 Å². The molecule has 32 heavy (non-hydrogen) atoms. The predicted molar refractivity (Wildman–Crippen MR) is 120 cm³/mol. The van der Waals surface area contributed by atoms with Crippen LogP contribution in [-0.4, -0.2) is 51.6 Å². The Morgan fingerprint density at radius 3 is 2.59 bits per heavy atom. The van der Waals surface area contributed by atoms with Gasteiger partial charge in [0, 0.05) is 12.6 Å². The van der Waals surface area contributed by atoms with Gasteiger partial charge in [0.15, 0.2) is 11.5 Å². The number of benzene rings is 2. The van der Waals surface area contributed by atoms with E-state index in [9.17, 15) is 13.2 Å². The summed E-state index contributed by atoms with van der Waals surface area (Å²) in [5.74, 6) is 1.52. The van der Waals surface area contributed by atoms with Crippen LogP contribution in [0.3, 0.4) is 0 Å². The largest absolute Gasteiger partial charge is 0.486 e. The van der Waals surface area contributed by atoms with E-state index in [0.717, 1.165) is 42.0 Å². The molecule has 2 aromatic rings. The second-order valence-corrected chi connectivity index (χ2v) is 9.77. The molecule has 0 aromatic heterocycles. The molecule has 0 aliphatic carbocycles. The van der Waals surface area contributed by atoms with Gasteiger partial charge in [0.2, 0.25) is 15.9 Å². The monoisotopic (exact) mass is 459 g/mol. The SMILES string of the molecule is C[C@@H](C(=O)NCCc1ccc(S(N)(=O)=O)cc1)N1CCC[C@@H]1c1ccc2c(c1)OCCO2. The minimum absolute atomic E-state index is 0.0180. The van der Waals surface area contributed by atoms with Gasteiger partial charge < -0.3 is 14.8 Å². The number of hydrogen-bond acceptors (Lipinski definition) is 6. The van der Waals surface area contributed by atoms with Crippen molar-refractivity contribution in [2.45, 2.75) is 43.2 Å². The number of carbonyl (C=O) groups excluding carboxylic acids is 1. The molecule has 2 aliphatic heterocycles. The maximum absolute atomic E-state index is 12.8. The zero-order valence-corrected chi connectivity index (χ0v) is 18.9. The fourth-order valence-electron chi connectivity index (χ4n) is 4.35. The molecular weight excluding hydrogens is 430 g/mol. The number of nitrogens with zero attached hydrogens (tertiary/aromatic N) is 1. The molecule has 0 unspecified atom stereocenters. The summed E-state index contributed by atoms with van der Waals surface area (Å²) in [6.07, 6.45) is 2.63. The van der Waals surface area contributed by atoms with Gasteiger partial charge in [0.1, 0.15) is 13.2 Å². The van der Waals surface area contributed by atoms with Crippen LogP contribution in [0.1, 0.15) is 36.9 Å². The third kappa shape index (κ3) is 5.06. The molecule has 2 atom stereocenters. The standard InChI is InChI=1S/C23H29N3O5S/c1-16(23(27)25-11-10-17-4-7-19(8-5-17)32(24,28)29)26-12-2-3-20(26)18-6-9-21-22(15-18)31-14-13-30-21/h4-9,15-16,20H,2-3,10-14H2,1H3,(H,25,27)(H2,24,28,29)/t16-,20+/m0/s1. The highest BCUT2D eigenvalue weighted by Gasteiger charge is 2.33. The molecule has 9 heteroatoms. The Morgan fingerprint density at radius 1 is 1.16 bits per heavy atom. The third-order valence-corrected chi connectivity index (χ3v) is 7.02. The van der Waals surface area contributed by atoms with Crippen LogP contribution in [0.4, 0.5) is 0 Å². The van der Waals surface area contributed by atoms with E-state index in [1.165, 1.54) is 12.1 Å². The van der Waals surface area contributed by atoms with Gasteiger partial charge in [-0.05, 0) is 68.1 Å². The van der Waals surface area contributed by atoms with Gasteiger partial charge in [-0.15, -0.1) is 0 Å². The van der Waals surface area contributed by atoms with Crippen molar-refractivity contribution in [1.82, 2.24) is 10.2 Å². The lowest BCUT2D eigenvalue weighted by molar-refractivity contribution is -0.126. The smallest absolute Gasteiger partial charge is 0.238 e. The summed E-state index contributed by atoms with van der Waals surface area (Å²) in [5.41, 5.74) is 2.07. The van der Waals surface area contributed by atoms with Crippen LogP contribution < -0.4 is 19.9 Å². The number of fused-ring (bicyclic) bond motifs is 1. The summed E-state index contributed by atoms with van der Waals surface area (Å²) < 4.78 is 34.0. The maximum Gasteiger partial charge on any atom is 0.238 e. The summed E-state index contributed by atoms with van der Waals surface area (Å²) in [6, 6.07) is 12.3. The van der Waals surface area contributed by atoms with Crippen LogP contribution in [0.2, 0.25) is 0 Å². The lowest BCUT2D eigenvalue weighted by Crippen LogP contribution is -2.45. The molecule has 1 fully saturated rings. The summed E-state index contributed by atoms with van der Waals surface area (Å²) in [4.78, 5) is 15.1.